The fourth-order valence-corrected chi connectivity index (χ4v) is 3.17. The lowest BCUT2D eigenvalue weighted by Crippen LogP contribution is -2.38. The summed E-state index contributed by atoms with van der Waals surface area (Å²) >= 11 is 0. The van der Waals surface area contributed by atoms with Crippen molar-refractivity contribution in [2.45, 2.75) is 19.0 Å². The molecule has 0 aliphatic rings. The first-order valence-corrected chi connectivity index (χ1v) is 9.16. The second kappa shape index (κ2) is 7.97. The van der Waals surface area contributed by atoms with Gasteiger partial charge in [-0.05, 0) is 24.1 Å². The Labute approximate surface area is 165 Å². The summed E-state index contributed by atoms with van der Waals surface area (Å²) in [6.45, 7) is -0.291. The molecule has 146 valence electrons. The molecular weight excluding hydrogens is 370 g/mol. The maximum absolute atomic E-state index is 12.6. The molecule has 0 aliphatic heterocycles. The highest BCUT2D eigenvalue weighted by molar-refractivity contribution is 5.77. The summed E-state index contributed by atoms with van der Waals surface area (Å²) in [6, 6.07) is 19.2. The van der Waals surface area contributed by atoms with Gasteiger partial charge in [-0.25, -0.2) is 9.67 Å². The van der Waals surface area contributed by atoms with Gasteiger partial charge in [-0.2, -0.15) is 0 Å². The van der Waals surface area contributed by atoms with Crippen molar-refractivity contribution >= 4 is 16.9 Å². The Morgan fingerprint density at radius 2 is 1.76 bits per heavy atom. The molecule has 0 saturated heterocycles. The maximum atomic E-state index is 12.6. The van der Waals surface area contributed by atoms with E-state index in [1.165, 1.54) is 0 Å². The monoisotopic (exact) mass is 389 g/mol. The van der Waals surface area contributed by atoms with Crippen LogP contribution in [0.2, 0.25) is 0 Å². The molecule has 8 nitrogen and oxygen atoms in total. The molecule has 0 spiro atoms. The van der Waals surface area contributed by atoms with Crippen molar-refractivity contribution < 1.29 is 4.79 Å². The van der Waals surface area contributed by atoms with Crippen LogP contribution in [0.15, 0.2) is 76.3 Å². The Kier molecular flexibility index (Phi) is 5.07. The van der Waals surface area contributed by atoms with E-state index in [1.54, 1.807) is 0 Å². The molecule has 4 rings (SSSR count). The van der Waals surface area contributed by atoms with Gasteiger partial charge in [0.15, 0.2) is 0 Å². The van der Waals surface area contributed by atoms with Gasteiger partial charge in [-0.3, -0.25) is 19.5 Å². The number of nitrogens with one attached hydrogen (secondary N) is 3. The third-order valence-electron chi connectivity index (χ3n) is 4.55. The second-order valence-electron chi connectivity index (χ2n) is 6.68. The molecule has 2 heterocycles. The van der Waals surface area contributed by atoms with Crippen molar-refractivity contribution in [3.05, 3.63) is 98.8 Å². The second-order valence-corrected chi connectivity index (χ2v) is 6.68. The number of carbonyl (C=O) groups is 1. The molecule has 0 radical (unpaired) electrons. The zero-order chi connectivity index (χ0) is 20.2. The van der Waals surface area contributed by atoms with E-state index in [-0.39, 0.29) is 6.54 Å². The molecule has 29 heavy (non-hydrogen) atoms. The topological polar surface area (TPSA) is 113 Å². The van der Waals surface area contributed by atoms with Gasteiger partial charge in [0.1, 0.15) is 12.4 Å². The predicted octanol–water partition coefficient (Wildman–Crippen LogP) is 1.51. The van der Waals surface area contributed by atoms with Crippen LogP contribution in [-0.4, -0.2) is 25.7 Å². The molecule has 1 atom stereocenters. The number of nitrogens with zero attached hydrogens (tertiary/aromatic N) is 2. The van der Waals surface area contributed by atoms with Crippen LogP contribution in [0.5, 0.6) is 0 Å². The number of aromatic amines is 2. The molecule has 2 aromatic heterocycles. The van der Waals surface area contributed by atoms with Crippen molar-refractivity contribution in [1.82, 2.24) is 25.1 Å². The number of H-pyrrole nitrogens is 2. The normalized spacial score (nSPS) is 12.0. The van der Waals surface area contributed by atoms with Gasteiger partial charge in [0.2, 0.25) is 5.91 Å². The lowest BCUT2D eigenvalue weighted by molar-refractivity contribution is -0.122. The van der Waals surface area contributed by atoms with Crippen LogP contribution in [0.25, 0.3) is 11.0 Å². The molecule has 0 saturated carbocycles. The number of para-hydroxylation sites is 2. The van der Waals surface area contributed by atoms with Crippen LogP contribution in [0.3, 0.4) is 0 Å². The lowest BCUT2D eigenvalue weighted by Gasteiger charge is -2.17. The van der Waals surface area contributed by atoms with E-state index in [0.717, 1.165) is 33.4 Å². The molecule has 1 unspecified atom stereocenters. The molecule has 0 aliphatic carbocycles. The number of benzene rings is 2. The average Bonchev–Trinajstić information content (AvgIpc) is 3.15. The van der Waals surface area contributed by atoms with Crippen LogP contribution in [0, 0.1) is 0 Å². The van der Waals surface area contributed by atoms with Gasteiger partial charge in [0.25, 0.3) is 11.1 Å². The van der Waals surface area contributed by atoms with Gasteiger partial charge in [-0.15, -0.1) is 0 Å². The van der Waals surface area contributed by atoms with Crippen LogP contribution in [0.4, 0.5) is 0 Å². The molecule has 4 aromatic rings. The zero-order valence-corrected chi connectivity index (χ0v) is 15.5. The SMILES string of the molecule is O=C(Cn1[nH]c(=O)ccc1=O)NC(Cc1ccccc1)c1nc2ccccc2[nH]1. The van der Waals surface area contributed by atoms with Crippen LogP contribution >= 0.6 is 0 Å². The largest absolute Gasteiger partial charge is 0.344 e. The summed E-state index contributed by atoms with van der Waals surface area (Å²) in [5, 5.41) is 5.28. The minimum absolute atomic E-state index is 0.291. The summed E-state index contributed by atoms with van der Waals surface area (Å²) < 4.78 is 0.982. The van der Waals surface area contributed by atoms with E-state index < -0.39 is 23.1 Å². The third kappa shape index (κ3) is 4.32. The van der Waals surface area contributed by atoms with Crippen LogP contribution in [0.1, 0.15) is 17.4 Å². The summed E-state index contributed by atoms with van der Waals surface area (Å²) in [7, 11) is 0. The van der Waals surface area contributed by atoms with E-state index in [9.17, 15) is 14.4 Å². The van der Waals surface area contributed by atoms with Gasteiger partial charge in [-0.1, -0.05) is 42.5 Å². The first-order chi connectivity index (χ1) is 14.1. The van der Waals surface area contributed by atoms with E-state index >= 15 is 0 Å². The molecule has 0 bridgehead atoms. The number of aromatic nitrogens is 4. The zero-order valence-electron chi connectivity index (χ0n) is 15.5. The average molecular weight is 389 g/mol. The fourth-order valence-electron chi connectivity index (χ4n) is 3.17. The fraction of sp³-hybridized carbons (Fsp3) is 0.143. The Hall–Kier alpha value is -3.94. The lowest BCUT2D eigenvalue weighted by atomic mass is 10.1. The standard InChI is InChI=1S/C21H19N5O3/c27-18-10-11-20(29)26(25-18)13-19(28)22-17(12-14-6-2-1-3-7-14)21-23-15-8-4-5-9-16(15)24-21/h1-11,17H,12-13H2,(H,22,28)(H,23,24)(H,25,27). The number of fused-ring (bicyclic) bond motifs is 1. The molecular formula is C21H19N5O3. The van der Waals surface area contributed by atoms with Gasteiger partial charge in [0, 0.05) is 12.1 Å². The number of rotatable bonds is 6. The summed E-state index contributed by atoms with van der Waals surface area (Å²) in [4.78, 5) is 43.8. The maximum Gasteiger partial charge on any atom is 0.265 e. The highest BCUT2D eigenvalue weighted by Gasteiger charge is 2.19. The van der Waals surface area contributed by atoms with Crippen molar-refractivity contribution in [3.63, 3.8) is 0 Å². The highest BCUT2D eigenvalue weighted by Crippen LogP contribution is 2.19. The minimum atomic E-state index is -0.455. The van der Waals surface area contributed by atoms with Gasteiger partial charge >= 0.3 is 0 Å². The van der Waals surface area contributed by atoms with Crippen LogP contribution < -0.4 is 16.4 Å². The summed E-state index contributed by atoms with van der Waals surface area (Å²) in [5.41, 5.74) is 1.80. The van der Waals surface area contributed by atoms with Crippen molar-refractivity contribution in [1.29, 1.82) is 0 Å². The van der Waals surface area contributed by atoms with Gasteiger partial charge < -0.3 is 10.3 Å². The highest BCUT2D eigenvalue weighted by atomic mass is 16.2. The summed E-state index contributed by atoms with van der Waals surface area (Å²) in [5.74, 6) is 0.215. The number of hydrogen-bond acceptors (Lipinski definition) is 4. The van der Waals surface area contributed by atoms with E-state index in [0.29, 0.717) is 12.2 Å². The van der Waals surface area contributed by atoms with E-state index in [2.05, 4.69) is 20.4 Å². The van der Waals surface area contributed by atoms with E-state index in [1.807, 2.05) is 54.6 Å². The van der Waals surface area contributed by atoms with Crippen LogP contribution in [-0.2, 0) is 17.8 Å². The van der Waals surface area contributed by atoms with Crippen molar-refractivity contribution in [2.24, 2.45) is 0 Å². The van der Waals surface area contributed by atoms with Crippen molar-refractivity contribution in [3.8, 4) is 0 Å². The first-order valence-electron chi connectivity index (χ1n) is 9.16. The Morgan fingerprint density at radius 3 is 2.55 bits per heavy atom. The first kappa shape index (κ1) is 18.4. The van der Waals surface area contributed by atoms with E-state index in [4.69, 9.17) is 0 Å². The molecule has 1 amide bonds. The Balaban J connectivity index is 1.61. The molecule has 0 fully saturated rings. The molecule has 8 heteroatoms. The van der Waals surface area contributed by atoms with Crippen molar-refractivity contribution in [2.75, 3.05) is 0 Å². The predicted molar refractivity (Wildman–Crippen MR) is 108 cm³/mol. The third-order valence-corrected chi connectivity index (χ3v) is 4.55. The Morgan fingerprint density at radius 1 is 1.00 bits per heavy atom. The molecule has 3 N–H and O–H groups in total. The molecule has 2 aromatic carbocycles. The smallest absolute Gasteiger partial charge is 0.265 e. The quantitative estimate of drug-likeness (QED) is 0.464. The number of imidazole rings is 1. The number of hydrogen-bond donors (Lipinski definition) is 3. The minimum Gasteiger partial charge on any atom is -0.344 e. The number of carbonyl (C=O) groups excluding carboxylic acids is 1. The number of amides is 1. The van der Waals surface area contributed by atoms with Gasteiger partial charge in [0.05, 0.1) is 17.1 Å². The Bertz CT molecular complexity index is 1220. The summed E-state index contributed by atoms with van der Waals surface area (Å²) in [6.07, 6.45) is 0.520.